The van der Waals surface area contributed by atoms with Gasteiger partial charge in [-0.2, -0.15) is 4.98 Å². The molecule has 0 bridgehead atoms. The maximum Gasteiger partial charge on any atom is 0.224 e. The largest absolute Gasteiger partial charge is 0.469 e. The Hall–Kier alpha value is -2.04. The first-order valence-corrected chi connectivity index (χ1v) is 6.07. The third-order valence-electron chi connectivity index (χ3n) is 2.68. The number of rotatable bonds is 6. The minimum Gasteiger partial charge on any atom is -0.469 e. The van der Waals surface area contributed by atoms with E-state index < -0.39 is 0 Å². The fraction of sp³-hybridized carbons (Fsp3) is 0.385. The number of hydrogen-bond donors (Lipinski definition) is 2. The molecular weight excluding hydrogens is 228 g/mol. The second-order valence-electron chi connectivity index (χ2n) is 4.18. The van der Waals surface area contributed by atoms with Gasteiger partial charge in [0.1, 0.15) is 11.6 Å². The van der Waals surface area contributed by atoms with Gasteiger partial charge in [-0.1, -0.05) is 0 Å². The molecule has 5 nitrogen and oxygen atoms in total. The van der Waals surface area contributed by atoms with Gasteiger partial charge in [0.05, 0.1) is 6.26 Å². The molecule has 0 radical (unpaired) electrons. The summed E-state index contributed by atoms with van der Waals surface area (Å²) in [5, 5.41) is 6.26. The molecule has 2 rings (SSSR count). The van der Waals surface area contributed by atoms with E-state index in [0.717, 1.165) is 24.4 Å². The van der Waals surface area contributed by atoms with E-state index in [4.69, 9.17) is 4.42 Å². The van der Waals surface area contributed by atoms with Gasteiger partial charge in [-0.15, -0.1) is 0 Å². The standard InChI is InChI=1S/C13H18N4O/c1-10(5-6-11-4-3-9-18-11)16-12-7-8-15-13(14-2)17-12/h3-4,7-10H,5-6H2,1-2H3,(H2,14,15,16,17). The van der Waals surface area contributed by atoms with Crippen LogP contribution in [0.1, 0.15) is 19.1 Å². The van der Waals surface area contributed by atoms with Crippen LogP contribution >= 0.6 is 0 Å². The zero-order valence-electron chi connectivity index (χ0n) is 10.7. The number of aryl methyl sites for hydroxylation is 1. The summed E-state index contributed by atoms with van der Waals surface area (Å²) in [6, 6.07) is 6.10. The van der Waals surface area contributed by atoms with E-state index in [0.29, 0.717) is 12.0 Å². The average Bonchev–Trinajstić information content (AvgIpc) is 2.90. The summed E-state index contributed by atoms with van der Waals surface area (Å²) in [6.45, 7) is 2.13. The first-order valence-electron chi connectivity index (χ1n) is 6.07. The smallest absolute Gasteiger partial charge is 0.224 e. The summed E-state index contributed by atoms with van der Waals surface area (Å²) in [6.07, 6.45) is 5.36. The molecule has 2 heterocycles. The highest BCUT2D eigenvalue weighted by atomic mass is 16.3. The third-order valence-corrected chi connectivity index (χ3v) is 2.68. The zero-order chi connectivity index (χ0) is 12.8. The van der Waals surface area contributed by atoms with Crippen LogP contribution in [0.3, 0.4) is 0 Å². The third kappa shape index (κ3) is 3.48. The Morgan fingerprint density at radius 1 is 1.39 bits per heavy atom. The maximum atomic E-state index is 5.31. The van der Waals surface area contributed by atoms with Gasteiger partial charge in [0.15, 0.2) is 0 Å². The van der Waals surface area contributed by atoms with E-state index >= 15 is 0 Å². The highest BCUT2D eigenvalue weighted by Gasteiger charge is 2.05. The van der Waals surface area contributed by atoms with E-state index in [-0.39, 0.29) is 0 Å². The number of nitrogens with zero attached hydrogens (tertiary/aromatic N) is 2. The number of hydrogen-bond acceptors (Lipinski definition) is 5. The van der Waals surface area contributed by atoms with E-state index in [2.05, 4.69) is 27.5 Å². The van der Waals surface area contributed by atoms with Crippen molar-refractivity contribution < 1.29 is 4.42 Å². The fourth-order valence-electron chi connectivity index (χ4n) is 1.70. The van der Waals surface area contributed by atoms with Crippen LogP contribution < -0.4 is 10.6 Å². The van der Waals surface area contributed by atoms with Crippen molar-refractivity contribution >= 4 is 11.8 Å². The summed E-state index contributed by atoms with van der Waals surface area (Å²) < 4.78 is 5.31. The van der Waals surface area contributed by atoms with Gasteiger partial charge in [-0.3, -0.25) is 0 Å². The summed E-state index contributed by atoms with van der Waals surface area (Å²) in [5.41, 5.74) is 0. The normalized spacial score (nSPS) is 12.1. The van der Waals surface area contributed by atoms with Crippen molar-refractivity contribution in [3.8, 4) is 0 Å². The van der Waals surface area contributed by atoms with Crippen molar-refractivity contribution in [2.45, 2.75) is 25.8 Å². The molecule has 0 spiro atoms. The van der Waals surface area contributed by atoms with Crippen molar-refractivity contribution in [1.82, 2.24) is 9.97 Å². The molecule has 2 aromatic rings. The van der Waals surface area contributed by atoms with E-state index in [9.17, 15) is 0 Å². The van der Waals surface area contributed by atoms with Crippen LogP contribution in [0, 0.1) is 0 Å². The molecule has 2 aromatic heterocycles. The number of anilines is 2. The van der Waals surface area contributed by atoms with Gasteiger partial charge in [0.2, 0.25) is 5.95 Å². The predicted octanol–water partition coefficient (Wildman–Crippen LogP) is 2.54. The predicted molar refractivity (Wildman–Crippen MR) is 71.7 cm³/mol. The van der Waals surface area contributed by atoms with Crippen molar-refractivity contribution in [3.05, 3.63) is 36.4 Å². The lowest BCUT2D eigenvalue weighted by molar-refractivity contribution is 0.495. The molecule has 0 saturated heterocycles. The Kier molecular flexibility index (Phi) is 4.17. The van der Waals surface area contributed by atoms with Crippen LogP contribution in [-0.4, -0.2) is 23.1 Å². The summed E-state index contributed by atoms with van der Waals surface area (Å²) in [5.74, 6) is 2.47. The maximum absolute atomic E-state index is 5.31. The monoisotopic (exact) mass is 246 g/mol. The molecule has 0 aromatic carbocycles. The molecule has 0 aliphatic heterocycles. The highest BCUT2D eigenvalue weighted by Crippen LogP contribution is 2.11. The van der Waals surface area contributed by atoms with Gasteiger partial charge >= 0.3 is 0 Å². The van der Waals surface area contributed by atoms with Crippen molar-refractivity contribution in [2.75, 3.05) is 17.7 Å². The van der Waals surface area contributed by atoms with E-state index in [1.165, 1.54) is 0 Å². The molecule has 5 heteroatoms. The molecule has 0 aliphatic carbocycles. The lowest BCUT2D eigenvalue weighted by Crippen LogP contribution is -2.17. The molecule has 0 saturated carbocycles. The molecule has 0 fully saturated rings. The second-order valence-corrected chi connectivity index (χ2v) is 4.18. The first kappa shape index (κ1) is 12.4. The van der Waals surface area contributed by atoms with Crippen LogP contribution in [0.2, 0.25) is 0 Å². The summed E-state index contributed by atoms with van der Waals surface area (Å²) in [7, 11) is 1.81. The first-order chi connectivity index (χ1) is 8.78. The van der Waals surface area contributed by atoms with Crippen molar-refractivity contribution in [2.24, 2.45) is 0 Å². The summed E-state index contributed by atoms with van der Waals surface area (Å²) >= 11 is 0. The van der Waals surface area contributed by atoms with Crippen LogP contribution in [0.15, 0.2) is 35.1 Å². The minimum atomic E-state index is 0.328. The molecule has 0 amide bonds. The molecule has 2 N–H and O–H groups in total. The van der Waals surface area contributed by atoms with Crippen LogP contribution in [0.25, 0.3) is 0 Å². The molecule has 18 heavy (non-hydrogen) atoms. The average molecular weight is 246 g/mol. The Morgan fingerprint density at radius 3 is 3.00 bits per heavy atom. The number of aromatic nitrogens is 2. The Labute approximate surface area is 107 Å². The van der Waals surface area contributed by atoms with Gasteiger partial charge in [-0.05, 0) is 31.5 Å². The lowest BCUT2D eigenvalue weighted by Gasteiger charge is -2.14. The molecule has 0 aliphatic rings. The van der Waals surface area contributed by atoms with Crippen LogP contribution in [0.5, 0.6) is 0 Å². The van der Waals surface area contributed by atoms with Crippen molar-refractivity contribution in [1.29, 1.82) is 0 Å². The summed E-state index contributed by atoms with van der Waals surface area (Å²) in [4.78, 5) is 8.39. The Morgan fingerprint density at radius 2 is 2.28 bits per heavy atom. The Bertz CT molecular complexity index is 470. The zero-order valence-corrected chi connectivity index (χ0v) is 10.7. The van der Waals surface area contributed by atoms with Crippen LogP contribution in [0.4, 0.5) is 11.8 Å². The fourth-order valence-corrected chi connectivity index (χ4v) is 1.70. The molecule has 1 unspecified atom stereocenters. The number of furan rings is 1. The highest BCUT2D eigenvalue weighted by molar-refractivity contribution is 5.39. The van der Waals surface area contributed by atoms with Gasteiger partial charge in [-0.25, -0.2) is 4.98 Å². The Balaban J connectivity index is 1.84. The van der Waals surface area contributed by atoms with Crippen LogP contribution in [-0.2, 0) is 6.42 Å². The topological polar surface area (TPSA) is 63.0 Å². The second kappa shape index (κ2) is 6.05. The molecule has 1 atom stereocenters. The molecule has 96 valence electrons. The van der Waals surface area contributed by atoms with Crippen molar-refractivity contribution in [3.63, 3.8) is 0 Å². The van der Waals surface area contributed by atoms with Gasteiger partial charge in [0, 0.05) is 25.7 Å². The number of nitrogens with one attached hydrogen (secondary N) is 2. The van der Waals surface area contributed by atoms with Gasteiger partial charge < -0.3 is 15.1 Å². The lowest BCUT2D eigenvalue weighted by atomic mass is 10.1. The van der Waals surface area contributed by atoms with E-state index in [1.54, 1.807) is 19.5 Å². The SMILES string of the molecule is CNc1nccc(NC(C)CCc2ccco2)n1. The van der Waals surface area contributed by atoms with E-state index in [1.807, 2.05) is 18.2 Å². The quantitative estimate of drug-likeness (QED) is 0.820. The molecular formula is C13H18N4O. The minimum absolute atomic E-state index is 0.328. The van der Waals surface area contributed by atoms with Gasteiger partial charge in [0.25, 0.3) is 0 Å².